The van der Waals surface area contributed by atoms with E-state index in [0.29, 0.717) is 23.2 Å². The number of pyridine rings is 1. The van der Waals surface area contributed by atoms with Crippen LogP contribution in [0.25, 0.3) is 16.8 Å². The SMILES string of the molecule is COc1ccc(-c2ccc3nnc(Nc4cc(OC)c(OC)c(OC)c4)n3c2)cc1. The zero-order valence-electron chi connectivity index (χ0n) is 17.2. The van der Waals surface area contributed by atoms with Gasteiger partial charge < -0.3 is 24.3 Å². The van der Waals surface area contributed by atoms with E-state index in [1.165, 1.54) is 0 Å². The summed E-state index contributed by atoms with van der Waals surface area (Å²) in [4.78, 5) is 0. The predicted octanol–water partition coefficient (Wildman–Crippen LogP) is 4.17. The van der Waals surface area contributed by atoms with Gasteiger partial charge in [-0.2, -0.15) is 0 Å². The molecule has 154 valence electrons. The third-order valence-electron chi connectivity index (χ3n) is 4.75. The smallest absolute Gasteiger partial charge is 0.233 e. The summed E-state index contributed by atoms with van der Waals surface area (Å²) >= 11 is 0. The molecule has 2 aromatic heterocycles. The van der Waals surface area contributed by atoms with E-state index < -0.39 is 0 Å². The Labute approximate surface area is 174 Å². The summed E-state index contributed by atoms with van der Waals surface area (Å²) in [5, 5.41) is 11.8. The molecule has 2 heterocycles. The zero-order valence-corrected chi connectivity index (χ0v) is 17.2. The first-order valence-electron chi connectivity index (χ1n) is 9.23. The van der Waals surface area contributed by atoms with Gasteiger partial charge in [0.2, 0.25) is 11.7 Å². The highest BCUT2D eigenvalue weighted by Crippen LogP contribution is 2.40. The van der Waals surface area contributed by atoms with Crippen molar-refractivity contribution in [3.63, 3.8) is 0 Å². The molecule has 0 radical (unpaired) electrons. The summed E-state index contributed by atoms with van der Waals surface area (Å²) in [6, 6.07) is 15.4. The molecule has 0 unspecified atom stereocenters. The van der Waals surface area contributed by atoms with Gasteiger partial charge in [-0.1, -0.05) is 12.1 Å². The maximum absolute atomic E-state index is 5.42. The molecule has 0 saturated heterocycles. The Balaban J connectivity index is 1.71. The van der Waals surface area contributed by atoms with E-state index in [1.54, 1.807) is 28.4 Å². The summed E-state index contributed by atoms with van der Waals surface area (Å²) < 4.78 is 23.4. The van der Waals surface area contributed by atoms with Crippen molar-refractivity contribution in [2.45, 2.75) is 0 Å². The van der Waals surface area contributed by atoms with E-state index in [9.17, 15) is 0 Å². The van der Waals surface area contributed by atoms with Crippen molar-refractivity contribution < 1.29 is 18.9 Å². The number of ether oxygens (including phenoxy) is 4. The predicted molar refractivity (Wildman–Crippen MR) is 114 cm³/mol. The molecular formula is C22H22N4O4. The first kappa shape index (κ1) is 19.4. The van der Waals surface area contributed by atoms with Crippen molar-refractivity contribution >= 4 is 17.3 Å². The van der Waals surface area contributed by atoms with E-state index >= 15 is 0 Å². The lowest BCUT2D eigenvalue weighted by Crippen LogP contribution is -2.00. The van der Waals surface area contributed by atoms with Crippen LogP contribution in [0, 0.1) is 0 Å². The average Bonchev–Trinajstić information content (AvgIpc) is 3.20. The number of nitrogens with one attached hydrogen (secondary N) is 1. The second-order valence-corrected chi connectivity index (χ2v) is 6.44. The monoisotopic (exact) mass is 406 g/mol. The minimum atomic E-state index is 0.526. The Hall–Kier alpha value is -3.94. The lowest BCUT2D eigenvalue weighted by molar-refractivity contribution is 0.324. The largest absolute Gasteiger partial charge is 0.497 e. The van der Waals surface area contributed by atoms with E-state index in [-0.39, 0.29) is 0 Å². The number of hydrogen-bond acceptors (Lipinski definition) is 7. The first-order valence-corrected chi connectivity index (χ1v) is 9.23. The molecule has 4 aromatic rings. The topological polar surface area (TPSA) is 79.1 Å². The fourth-order valence-corrected chi connectivity index (χ4v) is 3.21. The minimum absolute atomic E-state index is 0.526. The van der Waals surface area contributed by atoms with Crippen LogP contribution in [0.3, 0.4) is 0 Å². The highest BCUT2D eigenvalue weighted by Gasteiger charge is 2.15. The number of fused-ring (bicyclic) bond motifs is 1. The van der Waals surface area contributed by atoms with Crippen LogP contribution in [0.15, 0.2) is 54.7 Å². The molecule has 0 aliphatic rings. The van der Waals surface area contributed by atoms with Crippen LogP contribution in [-0.4, -0.2) is 43.0 Å². The molecule has 0 spiro atoms. The number of aromatic nitrogens is 3. The summed E-state index contributed by atoms with van der Waals surface area (Å²) in [5.41, 5.74) is 3.54. The number of methoxy groups -OCH3 is 4. The molecular weight excluding hydrogens is 384 g/mol. The van der Waals surface area contributed by atoms with Gasteiger partial charge in [-0.25, -0.2) is 0 Å². The van der Waals surface area contributed by atoms with Crippen LogP contribution >= 0.6 is 0 Å². The lowest BCUT2D eigenvalue weighted by atomic mass is 10.1. The van der Waals surface area contributed by atoms with Crippen LogP contribution in [0.1, 0.15) is 0 Å². The molecule has 0 aliphatic carbocycles. The van der Waals surface area contributed by atoms with Gasteiger partial charge in [0.05, 0.1) is 28.4 Å². The second kappa shape index (κ2) is 8.20. The Morgan fingerprint density at radius 3 is 2.00 bits per heavy atom. The van der Waals surface area contributed by atoms with Crippen LogP contribution < -0.4 is 24.3 Å². The van der Waals surface area contributed by atoms with Gasteiger partial charge in [0.1, 0.15) is 5.75 Å². The molecule has 8 nitrogen and oxygen atoms in total. The molecule has 8 heteroatoms. The van der Waals surface area contributed by atoms with E-state index in [4.69, 9.17) is 18.9 Å². The molecule has 0 bridgehead atoms. The number of benzene rings is 2. The van der Waals surface area contributed by atoms with Gasteiger partial charge in [-0.05, 0) is 35.4 Å². The van der Waals surface area contributed by atoms with Crippen LogP contribution in [0.2, 0.25) is 0 Å². The van der Waals surface area contributed by atoms with Crippen molar-refractivity contribution in [1.29, 1.82) is 0 Å². The fraction of sp³-hybridized carbons (Fsp3) is 0.182. The van der Waals surface area contributed by atoms with Gasteiger partial charge in [0.25, 0.3) is 0 Å². The number of nitrogens with zero attached hydrogens (tertiary/aromatic N) is 3. The quantitative estimate of drug-likeness (QED) is 0.493. The molecule has 0 atom stereocenters. The first-order chi connectivity index (χ1) is 14.7. The van der Waals surface area contributed by atoms with Crippen molar-refractivity contribution in [1.82, 2.24) is 14.6 Å². The summed E-state index contributed by atoms with van der Waals surface area (Å²) in [6.07, 6.45) is 1.98. The van der Waals surface area contributed by atoms with Crippen LogP contribution in [0.4, 0.5) is 11.6 Å². The standard InChI is InChI=1S/C22H22N4O4/c1-27-17-8-5-14(6-9-17)15-7-10-20-24-25-22(26(20)13-15)23-16-11-18(28-2)21(30-4)19(12-16)29-3/h5-13H,1-4H3,(H,23,25). The maximum atomic E-state index is 5.42. The van der Waals surface area contributed by atoms with E-state index in [0.717, 1.165) is 28.2 Å². The highest BCUT2D eigenvalue weighted by atomic mass is 16.5. The summed E-state index contributed by atoms with van der Waals surface area (Å²) in [6.45, 7) is 0. The number of hydrogen-bond donors (Lipinski definition) is 1. The van der Waals surface area contributed by atoms with Gasteiger partial charge in [0, 0.05) is 24.0 Å². The van der Waals surface area contributed by atoms with Gasteiger partial charge in [-0.3, -0.25) is 4.40 Å². The van der Waals surface area contributed by atoms with Gasteiger partial charge >= 0.3 is 0 Å². The van der Waals surface area contributed by atoms with Crippen LogP contribution in [0.5, 0.6) is 23.0 Å². The Morgan fingerprint density at radius 1 is 0.733 bits per heavy atom. The normalized spacial score (nSPS) is 10.7. The van der Waals surface area contributed by atoms with Crippen molar-refractivity contribution in [2.24, 2.45) is 0 Å². The minimum Gasteiger partial charge on any atom is -0.497 e. The van der Waals surface area contributed by atoms with Crippen molar-refractivity contribution in [2.75, 3.05) is 33.8 Å². The molecule has 0 fully saturated rings. The average molecular weight is 406 g/mol. The lowest BCUT2D eigenvalue weighted by Gasteiger charge is -2.14. The van der Waals surface area contributed by atoms with Gasteiger partial charge in [0.15, 0.2) is 17.1 Å². The third kappa shape index (κ3) is 3.55. The van der Waals surface area contributed by atoms with Crippen molar-refractivity contribution in [3.8, 4) is 34.1 Å². The Bertz CT molecular complexity index is 1150. The van der Waals surface area contributed by atoms with Crippen molar-refractivity contribution in [3.05, 3.63) is 54.7 Å². The number of rotatable bonds is 7. The van der Waals surface area contributed by atoms with E-state index in [2.05, 4.69) is 15.5 Å². The molecule has 4 rings (SSSR count). The molecule has 30 heavy (non-hydrogen) atoms. The number of anilines is 2. The van der Waals surface area contributed by atoms with Gasteiger partial charge in [-0.15, -0.1) is 10.2 Å². The van der Waals surface area contributed by atoms with Crippen LogP contribution in [-0.2, 0) is 0 Å². The Kier molecular flexibility index (Phi) is 5.30. The highest BCUT2D eigenvalue weighted by molar-refractivity contribution is 5.69. The molecule has 0 amide bonds. The molecule has 0 aliphatic heterocycles. The summed E-state index contributed by atoms with van der Waals surface area (Å²) in [5.74, 6) is 3.00. The second-order valence-electron chi connectivity index (χ2n) is 6.44. The molecule has 1 N–H and O–H groups in total. The molecule has 2 aromatic carbocycles. The van der Waals surface area contributed by atoms with E-state index in [1.807, 2.05) is 59.1 Å². The maximum Gasteiger partial charge on any atom is 0.233 e. The molecule has 0 saturated carbocycles. The fourth-order valence-electron chi connectivity index (χ4n) is 3.21. The third-order valence-corrected chi connectivity index (χ3v) is 4.75. The zero-order chi connectivity index (χ0) is 21.1. The Morgan fingerprint density at radius 2 is 1.40 bits per heavy atom. The summed E-state index contributed by atoms with van der Waals surface area (Å²) in [7, 11) is 6.38.